The van der Waals surface area contributed by atoms with Gasteiger partial charge in [-0.1, -0.05) is 121 Å². The van der Waals surface area contributed by atoms with E-state index in [2.05, 4.69) is 24.6 Å². The van der Waals surface area contributed by atoms with Crippen LogP contribution in [0.25, 0.3) is 0 Å². The molecule has 0 N–H and O–H groups in total. The molecule has 0 atom stereocenters. The maximum atomic E-state index is 13.9. The Morgan fingerprint density at radius 3 is 1.87 bits per heavy atom. The minimum absolute atomic E-state index is 0. The molecule has 2 aromatic carbocycles. The van der Waals surface area contributed by atoms with Crippen LogP contribution in [-0.4, -0.2) is 19.3 Å². The lowest BCUT2D eigenvalue weighted by atomic mass is 10.0. The highest BCUT2D eigenvalue weighted by molar-refractivity contribution is 7.89. The largest absolute Gasteiger partial charge is 1.00 e. The van der Waals surface area contributed by atoms with Crippen molar-refractivity contribution in [3.05, 3.63) is 89.2 Å². The molecule has 0 unspecified atom stereocenters. The molecule has 0 aliphatic rings. The van der Waals surface area contributed by atoms with E-state index in [-0.39, 0.29) is 24.0 Å². The molecule has 5 nitrogen and oxygen atoms in total. The first-order valence-corrected chi connectivity index (χ1v) is 19.5. The predicted molar refractivity (Wildman–Crippen MR) is 192 cm³/mol. The third-order valence-corrected chi connectivity index (χ3v) is 10.7. The molecule has 0 spiro atoms. The number of benzene rings is 2. The van der Waals surface area contributed by atoms with Crippen LogP contribution < -0.4 is 33.3 Å². The summed E-state index contributed by atoms with van der Waals surface area (Å²) in [5.74, 6) is 0.854. The lowest BCUT2D eigenvalue weighted by molar-refractivity contribution is -0.697. The number of ether oxygens (including phenoxy) is 1. The Morgan fingerprint density at radius 1 is 0.702 bits per heavy atom. The summed E-state index contributed by atoms with van der Waals surface area (Å²) < 4.78 is 37.6. The Bertz CT molecular complexity index is 1380. The molecule has 7 heteroatoms. The SMILES string of the molecule is CCCCCCCCCCCCCCCCOc1ccc(CN(Cc2ccc[n+](CCC)c2)S(=O)(=O)c2ccc(C)cc2)c(C)c1.[I-]. The number of hydrogen-bond donors (Lipinski definition) is 0. The molecule has 262 valence electrons. The molecular weight excluding hydrogens is 715 g/mol. The van der Waals surface area contributed by atoms with E-state index in [9.17, 15) is 8.42 Å². The molecular formula is C40H61IN2O3S. The molecule has 0 radical (unpaired) electrons. The van der Waals surface area contributed by atoms with Crippen LogP contribution >= 0.6 is 0 Å². The summed E-state index contributed by atoms with van der Waals surface area (Å²) in [7, 11) is -3.71. The third kappa shape index (κ3) is 15.4. The second-order valence-corrected chi connectivity index (χ2v) is 15.0. The number of unbranched alkanes of at least 4 members (excludes halogenated alkanes) is 13. The van der Waals surface area contributed by atoms with E-state index in [0.29, 0.717) is 18.0 Å². The van der Waals surface area contributed by atoms with E-state index >= 15 is 0 Å². The number of aromatic nitrogens is 1. The smallest absolute Gasteiger partial charge is 0.243 e. The molecule has 1 heterocycles. The Labute approximate surface area is 304 Å². The van der Waals surface area contributed by atoms with E-state index in [0.717, 1.165) is 54.0 Å². The van der Waals surface area contributed by atoms with Crippen LogP contribution in [0.5, 0.6) is 5.75 Å². The van der Waals surface area contributed by atoms with Crippen LogP contribution in [0, 0.1) is 13.8 Å². The highest BCUT2D eigenvalue weighted by atomic mass is 127. The average Bonchev–Trinajstić information content (AvgIpc) is 3.04. The third-order valence-electron chi connectivity index (χ3n) is 8.85. The van der Waals surface area contributed by atoms with Gasteiger partial charge in [-0.05, 0) is 61.7 Å². The van der Waals surface area contributed by atoms with Crippen LogP contribution in [-0.2, 0) is 29.7 Å². The zero-order valence-corrected chi connectivity index (χ0v) is 32.7. The van der Waals surface area contributed by atoms with Crippen molar-refractivity contribution in [2.75, 3.05) is 6.61 Å². The summed E-state index contributed by atoms with van der Waals surface area (Å²) in [5.41, 5.74) is 4.03. The van der Waals surface area contributed by atoms with Gasteiger partial charge in [-0.25, -0.2) is 13.0 Å². The number of halogens is 1. The van der Waals surface area contributed by atoms with Gasteiger partial charge in [0.05, 0.1) is 11.5 Å². The standard InChI is InChI=1S/C40H61N2O3S.HI/c1-5-7-8-9-10-11-12-13-14-15-16-17-18-19-30-45-39-25-24-38(36(4)31-39)34-42(33-37-21-20-29-41(32-37)28-6-2)46(43,44)40-26-22-35(3)23-27-40;/h20-27,29,31-32H,5-19,28,30,33-34H2,1-4H3;1H/q+1;/p-1. The molecule has 3 aromatic rings. The minimum Gasteiger partial charge on any atom is -1.00 e. The first-order chi connectivity index (χ1) is 22.3. The van der Waals surface area contributed by atoms with Gasteiger partial charge in [0.15, 0.2) is 12.4 Å². The fraction of sp³-hybridized carbons (Fsp3) is 0.575. The van der Waals surface area contributed by atoms with Crippen molar-refractivity contribution < 1.29 is 41.7 Å². The summed E-state index contributed by atoms with van der Waals surface area (Å²) in [6.07, 6.45) is 23.9. The van der Waals surface area contributed by atoms with Gasteiger partial charge in [-0.3, -0.25) is 0 Å². The molecule has 0 aliphatic carbocycles. The molecule has 0 saturated carbocycles. The summed E-state index contributed by atoms with van der Waals surface area (Å²) in [6.45, 7) is 10.7. The van der Waals surface area contributed by atoms with Crippen molar-refractivity contribution in [2.24, 2.45) is 0 Å². The van der Waals surface area contributed by atoms with Gasteiger partial charge in [-0.2, -0.15) is 4.31 Å². The Morgan fingerprint density at radius 2 is 1.30 bits per heavy atom. The Kier molecular flexibility index (Phi) is 20.5. The van der Waals surface area contributed by atoms with E-state index in [1.807, 2.05) is 62.5 Å². The zero-order chi connectivity index (χ0) is 33.0. The molecule has 0 bridgehead atoms. The second kappa shape index (κ2) is 23.4. The van der Waals surface area contributed by atoms with Crippen molar-refractivity contribution >= 4 is 10.0 Å². The molecule has 3 rings (SSSR count). The van der Waals surface area contributed by atoms with E-state index < -0.39 is 10.0 Å². The number of rotatable bonds is 24. The van der Waals surface area contributed by atoms with Gasteiger partial charge in [-0.15, -0.1) is 0 Å². The predicted octanol–water partition coefficient (Wildman–Crippen LogP) is 7.26. The monoisotopic (exact) mass is 776 g/mol. The number of nitrogens with zero attached hydrogens (tertiary/aromatic N) is 2. The first-order valence-electron chi connectivity index (χ1n) is 18.1. The Hall–Kier alpha value is -1.97. The normalized spacial score (nSPS) is 11.5. The number of hydrogen-bond acceptors (Lipinski definition) is 3. The summed E-state index contributed by atoms with van der Waals surface area (Å²) >= 11 is 0. The lowest BCUT2D eigenvalue weighted by Crippen LogP contribution is -3.00. The summed E-state index contributed by atoms with van der Waals surface area (Å²) in [4.78, 5) is 0.321. The van der Waals surface area contributed by atoms with Gasteiger partial charge < -0.3 is 28.7 Å². The molecule has 1 aromatic heterocycles. The van der Waals surface area contributed by atoms with Gasteiger partial charge >= 0.3 is 0 Å². The van der Waals surface area contributed by atoms with Gasteiger partial charge in [0.1, 0.15) is 12.3 Å². The van der Waals surface area contributed by atoms with Crippen molar-refractivity contribution in [3.63, 3.8) is 0 Å². The highest BCUT2D eigenvalue weighted by Gasteiger charge is 2.26. The van der Waals surface area contributed by atoms with Crippen LogP contribution in [0.3, 0.4) is 0 Å². The zero-order valence-electron chi connectivity index (χ0n) is 29.7. The molecule has 0 aliphatic heterocycles. The van der Waals surface area contributed by atoms with Crippen molar-refractivity contribution in [1.82, 2.24) is 4.31 Å². The van der Waals surface area contributed by atoms with E-state index in [1.54, 1.807) is 16.4 Å². The van der Waals surface area contributed by atoms with Crippen LogP contribution in [0.15, 0.2) is 71.9 Å². The molecule has 0 saturated heterocycles. The van der Waals surface area contributed by atoms with E-state index in [4.69, 9.17) is 4.74 Å². The first kappa shape index (κ1) is 41.2. The number of sulfonamides is 1. The maximum absolute atomic E-state index is 13.9. The van der Waals surface area contributed by atoms with Gasteiger partial charge in [0.25, 0.3) is 0 Å². The summed E-state index contributed by atoms with van der Waals surface area (Å²) in [5, 5.41) is 0. The molecule has 0 amide bonds. The fourth-order valence-corrected chi connectivity index (χ4v) is 7.37. The highest BCUT2D eigenvalue weighted by Crippen LogP contribution is 2.25. The minimum atomic E-state index is -3.71. The Balaban J connectivity index is 0.00000768. The maximum Gasteiger partial charge on any atom is 0.243 e. The van der Waals surface area contributed by atoms with E-state index in [1.165, 1.54) is 83.5 Å². The average molecular weight is 777 g/mol. The van der Waals surface area contributed by atoms with Crippen molar-refractivity contribution in [2.45, 2.75) is 149 Å². The van der Waals surface area contributed by atoms with Crippen molar-refractivity contribution in [3.8, 4) is 5.75 Å². The van der Waals surface area contributed by atoms with Crippen LogP contribution in [0.1, 0.15) is 132 Å². The second-order valence-electron chi connectivity index (χ2n) is 13.1. The molecule has 0 fully saturated rings. The van der Waals surface area contributed by atoms with Crippen LogP contribution in [0.4, 0.5) is 0 Å². The number of pyridine rings is 1. The fourth-order valence-electron chi connectivity index (χ4n) is 5.97. The van der Waals surface area contributed by atoms with Crippen LogP contribution in [0.2, 0.25) is 0 Å². The quantitative estimate of drug-likeness (QED) is 0.0548. The van der Waals surface area contributed by atoms with Crippen molar-refractivity contribution in [1.29, 1.82) is 0 Å². The topological polar surface area (TPSA) is 50.5 Å². The van der Waals surface area contributed by atoms with Gasteiger partial charge in [0, 0.05) is 31.1 Å². The van der Waals surface area contributed by atoms with Gasteiger partial charge in [0.2, 0.25) is 10.0 Å². The summed E-state index contributed by atoms with van der Waals surface area (Å²) in [6, 6.07) is 17.2. The lowest BCUT2D eigenvalue weighted by Gasteiger charge is -2.23. The number of aryl methyl sites for hydroxylation is 3. The molecule has 47 heavy (non-hydrogen) atoms.